The zero-order chi connectivity index (χ0) is 12.6. The average molecular weight is 229 g/mol. The molecule has 1 aliphatic heterocycles. The van der Waals surface area contributed by atoms with Gasteiger partial charge in [0.25, 0.3) is 0 Å². The van der Waals surface area contributed by atoms with Crippen LogP contribution in [0.1, 0.15) is 27.2 Å². The molecule has 2 unspecified atom stereocenters. The molecule has 0 saturated carbocycles. The number of hydrogen-bond donors (Lipinski definition) is 0. The fourth-order valence-corrected chi connectivity index (χ4v) is 3.14. The number of fused-ring (bicyclic) bond motifs is 2. The molecule has 1 heteroatoms. The third-order valence-corrected chi connectivity index (χ3v) is 4.06. The van der Waals surface area contributed by atoms with Crippen LogP contribution in [0.4, 0.5) is 0 Å². The van der Waals surface area contributed by atoms with Crippen LogP contribution in [-0.2, 0) is 0 Å². The first kappa shape index (κ1) is 12.4. The van der Waals surface area contributed by atoms with Crippen molar-refractivity contribution >= 4 is 0 Å². The van der Waals surface area contributed by atoms with Gasteiger partial charge in [-0.3, -0.25) is 4.90 Å². The highest BCUT2D eigenvalue weighted by Crippen LogP contribution is 2.41. The Kier molecular flexibility index (Phi) is 3.39. The van der Waals surface area contributed by atoms with Gasteiger partial charge in [0.05, 0.1) is 0 Å². The minimum atomic E-state index is 0.600. The zero-order valence-electron chi connectivity index (χ0n) is 11.2. The lowest BCUT2D eigenvalue weighted by molar-refractivity contribution is 0.219. The quantitative estimate of drug-likeness (QED) is 0.664. The Hall–Kier alpha value is -1.08. The van der Waals surface area contributed by atoms with E-state index in [9.17, 15) is 0 Å². The van der Waals surface area contributed by atoms with Crippen LogP contribution in [0.25, 0.3) is 0 Å². The molecule has 0 spiro atoms. The Morgan fingerprint density at radius 3 is 2.59 bits per heavy atom. The Balaban J connectivity index is 2.33. The predicted octanol–water partition coefficient (Wildman–Crippen LogP) is 3.71. The summed E-state index contributed by atoms with van der Waals surface area (Å²) in [4.78, 5) is 2.61. The van der Waals surface area contributed by atoms with Gasteiger partial charge in [0.1, 0.15) is 0 Å². The Labute approximate surface area is 105 Å². The summed E-state index contributed by atoms with van der Waals surface area (Å²) in [5, 5.41) is 0. The fraction of sp³-hybridized carbons (Fsp3) is 0.500. The molecule has 1 nitrogen and oxygen atoms in total. The van der Waals surface area contributed by atoms with Crippen molar-refractivity contribution < 1.29 is 0 Å². The summed E-state index contributed by atoms with van der Waals surface area (Å²) in [6.45, 7) is 15.8. The van der Waals surface area contributed by atoms with E-state index < -0.39 is 0 Å². The van der Waals surface area contributed by atoms with E-state index in [0.29, 0.717) is 12.1 Å². The van der Waals surface area contributed by atoms with E-state index in [4.69, 9.17) is 0 Å². The lowest BCUT2D eigenvalue weighted by Gasteiger charge is -2.32. The average Bonchev–Trinajstić information content (AvgIpc) is 2.89. The van der Waals surface area contributed by atoms with E-state index in [2.05, 4.69) is 44.9 Å². The van der Waals surface area contributed by atoms with Crippen LogP contribution >= 0.6 is 0 Å². The lowest BCUT2D eigenvalue weighted by atomic mass is 9.95. The summed E-state index contributed by atoms with van der Waals surface area (Å²) in [5.41, 5.74) is 4.00. The molecule has 2 atom stereocenters. The van der Waals surface area contributed by atoms with Crippen LogP contribution in [0.5, 0.6) is 0 Å². The monoisotopic (exact) mass is 229 g/mol. The largest absolute Gasteiger partial charge is 0.293 e. The molecule has 2 aliphatic rings. The molecule has 17 heavy (non-hydrogen) atoms. The van der Waals surface area contributed by atoms with Gasteiger partial charge in [-0.15, -0.1) is 0 Å². The van der Waals surface area contributed by atoms with Crippen molar-refractivity contribution in [2.45, 2.75) is 39.3 Å². The van der Waals surface area contributed by atoms with Crippen LogP contribution in [0, 0.1) is 5.92 Å². The molecular formula is C16H23N. The highest BCUT2D eigenvalue weighted by atomic mass is 15.2. The molecule has 1 heterocycles. The summed E-state index contributed by atoms with van der Waals surface area (Å²) in [6.07, 6.45) is 7.66. The Morgan fingerprint density at radius 1 is 1.41 bits per heavy atom. The SMILES string of the molecule is C=C/C(C)=C(\C=C)C1=CC2CC1N(C(C)C)C2. The molecule has 0 radical (unpaired) electrons. The van der Waals surface area contributed by atoms with Crippen molar-refractivity contribution in [3.05, 3.63) is 48.1 Å². The first-order chi connectivity index (χ1) is 8.08. The summed E-state index contributed by atoms with van der Waals surface area (Å²) < 4.78 is 0. The molecule has 2 bridgehead atoms. The van der Waals surface area contributed by atoms with Crippen molar-refractivity contribution in [3.63, 3.8) is 0 Å². The van der Waals surface area contributed by atoms with Crippen LogP contribution < -0.4 is 0 Å². The summed E-state index contributed by atoms with van der Waals surface area (Å²) >= 11 is 0. The first-order valence-electron chi connectivity index (χ1n) is 6.52. The maximum absolute atomic E-state index is 3.96. The van der Waals surface area contributed by atoms with Gasteiger partial charge in [-0.1, -0.05) is 31.4 Å². The van der Waals surface area contributed by atoms with Crippen LogP contribution in [0.15, 0.2) is 48.1 Å². The second-order valence-electron chi connectivity index (χ2n) is 5.43. The number of hydrogen-bond acceptors (Lipinski definition) is 1. The summed E-state index contributed by atoms with van der Waals surface area (Å²) in [7, 11) is 0. The molecule has 0 amide bonds. The molecule has 0 N–H and O–H groups in total. The van der Waals surface area contributed by atoms with E-state index in [1.807, 2.05) is 12.2 Å². The highest BCUT2D eigenvalue weighted by molar-refractivity contribution is 5.51. The zero-order valence-corrected chi connectivity index (χ0v) is 11.2. The predicted molar refractivity (Wildman–Crippen MR) is 74.9 cm³/mol. The van der Waals surface area contributed by atoms with E-state index in [1.54, 1.807) is 0 Å². The molecule has 1 fully saturated rings. The number of nitrogens with zero attached hydrogens (tertiary/aromatic N) is 1. The minimum absolute atomic E-state index is 0.600. The maximum Gasteiger partial charge on any atom is 0.0360 e. The molecule has 0 aromatic rings. The fourth-order valence-electron chi connectivity index (χ4n) is 3.14. The van der Waals surface area contributed by atoms with E-state index in [-0.39, 0.29) is 0 Å². The second kappa shape index (κ2) is 4.66. The van der Waals surface area contributed by atoms with Gasteiger partial charge in [0.2, 0.25) is 0 Å². The van der Waals surface area contributed by atoms with Crippen LogP contribution in [0.2, 0.25) is 0 Å². The van der Waals surface area contributed by atoms with Gasteiger partial charge < -0.3 is 0 Å². The topological polar surface area (TPSA) is 3.24 Å². The van der Waals surface area contributed by atoms with Gasteiger partial charge in [0.15, 0.2) is 0 Å². The van der Waals surface area contributed by atoms with Gasteiger partial charge in [-0.05, 0) is 49.8 Å². The number of likely N-dealkylation sites (tertiary alicyclic amines) is 1. The Morgan fingerprint density at radius 2 is 2.12 bits per heavy atom. The first-order valence-corrected chi connectivity index (χ1v) is 6.52. The van der Waals surface area contributed by atoms with Crippen LogP contribution in [-0.4, -0.2) is 23.5 Å². The van der Waals surface area contributed by atoms with Crippen molar-refractivity contribution in [1.29, 1.82) is 0 Å². The molecule has 0 aromatic carbocycles. The smallest absolute Gasteiger partial charge is 0.0360 e. The van der Waals surface area contributed by atoms with E-state index in [1.165, 1.54) is 29.7 Å². The Bertz CT molecular complexity index is 398. The second-order valence-corrected chi connectivity index (χ2v) is 5.43. The third kappa shape index (κ3) is 2.04. The van der Waals surface area contributed by atoms with Crippen molar-refractivity contribution in [3.8, 4) is 0 Å². The summed E-state index contributed by atoms with van der Waals surface area (Å²) in [6, 6.07) is 1.23. The molecule has 2 rings (SSSR count). The van der Waals surface area contributed by atoms with Gasteiger partial charge in [-0.25, -0.2) is 0 Å². The van der Waals surface area contributed by atoms with Gasteiger partial charge in [0, 0.05) is 18.6 Å². The van der Waals surface area contributed by atoms with Crippen LogP contribution in [0.3, 0.4) is 0 Å². The van der Waals surface area contributed by atoms with Crippen molar-refractivity contribution in [1.82, 2.24) is 4.90 Å². The standard InChI is InChI=1S/C16H23N/c1-6-12(5)14(7-2)15-8-13-9-16(15)17(10-13)11(3)4/h6-8,11,13,16H,1-2,9-10H2,3-5H3/b14-12+. The summed E-state index contributed by atoms with van der Waals surface area (Å²) in [5.74, 6) is 0.741. The minimum Gasteiger partial charge on any atom is -0.293 e. The molecular weight excluding hydrogens is 206 g/mol. The van der Waals surface area contributed by atoms with Crippen molar-refractivity contribution in [2.75, 3.05) is 6.54 Å². The molecule has 92 valence electrons. The molecule has 0 aromatic heterocycles. The maximum atomic E-state index is 3.96. The lowest BCUT2D eigenvalue weighted by Crippen LogP contribution is -2.38. The van der Waals surface area contributed by atoms with Crippen molar-refractivity contribution in [2.24, 2.45) is 5.92 Å². The number of rotatable bonds is 4. The van der Waals surface area contributed by atoms with Gasteiger partial charge >= 0.3 is 0 Å². The number of allylic oxidation sites excluding steroid dienone is 3. The molecule has 1 saturated heterocycles. The normalized spacial score (nSPS) is 29.3. The molecule has 1 aliphatic carbocycles. The van der Waals surface area contributed by atoms with E-state index >= 15 is 0 Å². The van der Waals surface area contributed by atoms with E-state index in [0.717, 1.165) is 5.92 Å². The highest BCUT2D eigenvalue weighted by Gasteiger charge is 2.40. The van der Waals surface area contributed by atoms with Gasteiger partial charge in [-0.2, -0.15) is 0 Å². The third-order valence-electron chi connectivity index (χ3n) is 4.06.